The second-order valence-electron chi connectivity index (χ2n) is 8.05. The molecule has 5 rings (SSSR count). The quantitative estimate of drug-likeness (QED) is 0.430. The number of thiazole rings is 1. The number of carbonyl (C=O) groups excluding carboxylic acids is 1. The van der Waals surface area contributed by atoms with Crippen LogP contribution in [-0.2, 0) is 24.1 Å². The van der Waals surface area contributed by atoms with Gasteiger partial charge in [-0.15, -0.1) is 11.3 Å². The van der Waals surface area contributed by atoms with Crippen molar-refractivity contribution in [2.45, 2.75) is 39.2 Å². The standard InChI is InChI=1S/C26H24N2OS/c1-17-14-21-9-4-6-13-23(21)28(17)26(29)16-24-18(2)27-25(30-24)15-20-11-7-10-19-8-3-5-12-22(19)20/h3-13,17H,14-16H2,1-2H3. The van der Waals surface area contributed by atoms with E-state index in [0.29, 0.717) is 6.42 Å². The predicted molar refractivity (Wildman–Crippen MR) is 124 cm³/mol. The largest absolute Gasteiger partial charge is 0.309 e. The van der Waals surface area contributed by atoms with Gasteiger partial charge < -0.3 is 4.90 Å². The molecular weight excluding hydrogens is 388 g/mol. The van der Waals surface area contributed by atoms with Crippen LogP contribution in [0.5, 0.6) is 0 Å². The molecule has 2 heterocycles. The van der Waals surface area contributed by atoms with Crippen molar-refractivity contribution in [3.05, 3.63) is 93.4 Å². The first-order valence-electron chi connectivity index (χ1n) is 10.4. The first-order valence-corrected chi connectivity index (χ1v) is 11.2. The monoisotopic (exact) mass is 412 g/mol. The molecule has 4 heteroatoms. The SMILES string of the molecule is Cc1nc(Cc2cccc3ccccc23)sc1CC(=O)N1c2ccccc2CC1C. The summed E-state index contributed by atoms with van der Waals surface area (Å²) in [6, 6.07) is 23.3. The number of carbonyl (C=O) groups is 1. The minimum atomic E-state index is 0.163. The van der Waals surface area contributed by atoms with Gasteiger partial charge in [0.05, 0.1) is 17.1 Å². The third-order valence-electron chi connectivity index (χ3n) is 5.95. The number of amides is 1. The summed E-state index contributed by atoms with van der Waals surface area (Å²) in [7, 11) is 0. The van der Waals surface area contributed by atoms with Gasteiger partial charge in [0.25, 0.3) is 0 Å². The summed E-state index contributed by atoms with van der Waals surface area (Å²) in [6.45, 7) is 4.15. The normalized spacial score (nSPS) is 15.5. The number of hydrogen-bond donors (Lipinski definition) is 0. The number of para-hydroxylation sites is 1. The number of rotatable bonds is 4. The Balaban J connectivity index is 1.38. The molecular formula is C26H24N2OS. The average molecular weight is 413 g/mol. The summed E-state index contributed by atoms with van der Waals surface area (Å²) < 4.78 is 0. The highest BCUT2D eigenvalue weighted by atomic mass is 32.1. The highest BCUT2D eigenvalue weighted by molar-refractivity contribution is 7.11. The van der Waals surface area contributed by atoms with E-state index in [1.807, 2.05) is 24.0 Å². The number of aromatic nitrogens is 1. The van der Waals surface area contributed by atoms with Gasteiger partial charge >= 0.3 is 0 Å². The lowest BCUT2D eigenvalue weighted by atomic mass is 10.0. The summed E-state index contributed by atoms with van der Waals surface area (Å²) >= 11 is 1.67. The molecule has 3 aromatic carbocycles. The zero-order valence-electron chi connectivity index (χ0n) is 17.3. The maximum atomic E-state index is 13.2. The van der Waals surface area contributed by atoms with Gasteiger partial charge in [-0.3, -0.25) is 4.79 Å². The Morgan fingerprint density at radius 3 is 2.73 bits per heavy atom. The van der Waals surface area contributed by atoms with E-state index in [2.05, 4.69) is 61.5 Å². The summed E-state index contributed by atoms with van der Waals surface area (Å²) in [5.41, 5.74) is 4.58. The minimum Gasteiger partial charge on any atom is -0.309 e. The second-order valence-corrected chi connectivity index (χ2v) is 9.22. The number of hydrogen-bond acceptors (Lipinski definition) is 3. The van der Waals surface area contributed by atoms with Crippen molar-refractivity contribution in [1.29, 1.82) is 0 Å². The lowest BCUT2D eigenvalue weighted by Crippen LogP contribution is -2.36. The summed E-state index contributed by atoms with van der Waals surface area (Å²) in [5.74, 6) is 0.163. The molecule has 1 amide bonds. The predicted octanol–water partition coefficient (Wildman–Crippen LogP) is 5.72. The Hall–Kier alpha value is -2.98. The summed E-state index contributed by atoms with van der Waals surface area (Å²) in [5, 5.41) is 3.59. The molecule has 0 saturated carbocycles. The van der Waals surface area contributed by atoms with Crippen LogP contribution < -0.4 is 4.90 Å². The zero-order valence-corrected chi connectivity index (χ0v) is 18.1. The molecule has 0 radical (unpaired) electrons. The van der Waals surface area contributed by atoms with Crippen LogP contribution in [0.25, 0.3) is 10.8 Å². The first kappa shape index (κ1) is 19.0. The van der Waals surface area contributed by atoms with E-state index in [0.717, 1.165) is 34.1 Å². The molecule has 1 atom stereocenters. The molecule has 0 spiro atoms. The molecule has 0 bridgehead atoms. The van der Waals surface area contributed by atoms with E-state index in [1.165, 1.54) is 21.9 Å². The van der Waals surface area contributed by atoms with Crippen molar-refractivity contribution in [1.82, 2.24) is 4.98 Å². The smallest absolute Gasteiger partial charge is 0.232 e. The Labute approximate surface area is 181 Å². The van der Waals surface area contributed by atoms with E-state index in [1.54, 1.807) is 11.3 Å². The summed E-state index contributed by atoms with van der Waals surface area (Å²) in [6.07, 6.45) is 2.14. The fraction of sp³-hybridized carbons (Fsp3) is 0.231. The van der Waals surface area contributed by atoms with Gasteiger partial charge in [0.2, 0.25) is 5.91 Å². The van der Waals surface area contributed by atoms with E-state index < -0.39 is 0 Å². The van der Waals surface area contributed by atoms with Crippen molar-refractivity contribution in [3.63, 3.8) is 0 Å². The maximum Gasteiger partial charge on any atom is 0.232 e. The second kappa shape index (κ2) is 7.69. The molecule has 150 valence electrons. The van der Waals surface area contributed by atoms with Crippen LogP contribution in [0, 0.1) is 6.92 Å². The van der Waals surface area contributed by atoms with Gasteiger partial charge in [-0.1, -0.05) is 60.7 Å². The Kier molecular flexibility index (Phi) is 4.87. The number of benzene rings is 3. The molecule has 0 aliphatic carbocycles. The van der Waals surface area contributed by atoms with Gasteiger partial charge in [-0.25, -0.2) is 4.98 Å². The van der Waals surface area contributed by atoms with Gasteiger partial charge in [0.1, 0.15) is 0 Å². The molecule has 0 fully saturated rings. The molecule has 0 N–H and O–H groups in total. The van der Waals surface area contributed by atoms with E-state index in [4.69, 9.17) is 4.98 Å². The van der Waals surface area contributed by atoms with Crippen molar-refractivity contribution in [2.24, 2.45) is 0 Å². The van der Waals surface area contributed by atoms with Crippen molar-refractivity contribution in [2.75, 3.05) is 4.90 Å². The van der Waals surface area contributed by atoms with Gasteiger partial charge in [0, 0.05) is 23.0 Å². The molecule has 1 aliphatic rings. The van der Waals surface area contributed by atoms with Gasteiger partial charge in [-0.2, -0.15) is 0 Å². The van der Waals surface area contributed by atoms with Crippen molar-refractivity contribution >= 4 is 33.7 Å². The number of aryl methyl sites for hydroxylation is 1. The molecule has 3 nitrogen and oxygen atoms in total. The molecule has 4 aromatic rings. The van der Waals surface area contributed by atoms with Crippen LogP contribution >= 0.6 is 11.3 Å². The lowest BCUT2D eigenvalue weighted by molar-refractivity contribution is -0.118. The highest BCUT2D eigenvalue weighted by Gasteiger charge is 2.31. The van der Waals surface area contributed by atoms with Crippen LogP contribution in [0.15, 0.2) is 66.7 Å². The zero-order chi connectivity index (χ0) is 20.7. The summed E-state index contributed by atoms with van der Waals surface area (Å²) in [4.78, 5) is 21.0. The lowest BCUT2D eigenvalue weighted by Gasteiger charge is -2.22. The molecule has 30 heavy (non-hydrogen) atoms. The maximum absolute atomic E-state index is 13.2. The Bertz CT molecular complexity index is 1240. The molecule has 1 unspecified atom stereocenters. The molecule has 1 aliphatic heterocycles. The third kappa shape index (κ3) is 3.41. The first-order chi connectivity index (χ1) is 14.6. The van der Waals surface area contributed by atoms with E-state index in [9.17, 15) is 4.79 Å². The average Bonchev–Trinajstić information content (AvgIpc) is 3.26. The minimum absolute atomic E-state index is 0.163. The number of fused-ring (bicyclic) bond motifs is 2. The highest BCUT2D eigenvalue weighted by Crippen LogP contribution is 2.33. The van der Waals surface area contributed by atoms with E-state index >= 15 is 0 Å². The topological polar surface area (TPSA) is 33.2 Å². The number of nitrogens with zero attached hydrogens (tertiary/aromatic N) is 2. The Morgan fingerprint density at radius 2 is 1.83 bits per heavy atom. The van der Waals surface area contributed by atoms with Crippen molar-refractivity contribution in [3.8, 4) is 0 Å². The number of anilines is 1. The third-order valence-corrected chi connectivity index (χ3v) is 7.10. The van der Waals surface area contributed by atoms with Gasteiger partial charge in [-0.05, 0) is 48.2 Å². The molecule has 0 saturated heterocycles. The fourth-order valence-corrected chi connectivity index (χ4v) is 5.59. The van der Waals surface area contributed by atoms with Crippen molar-refractivity contribution < 1.29 is 4.79 Å². The van der Waals surface area contributed by atoms with Gasteiger partial charge in [0.15, 0.2) is 0 Å². The van der Waals surface area contributed by atoms with Crippen LogP contribution in [0.3, 0.4) is 0 Å². The molecule has 1 aromatic heterocycles. The van der Waals surface area contributed by atoms with Crippen LogP contribution in [0.1, 0.15) is 33.6 Å². The van der Waals surface area contributed by atoms with Crippen LogP contribution in [0.2, 0.25) is 0 Å². The van der Waals surface area contributed by atoms with Crippen LogP contribution in [-0.4, -0.2) is 16.9 Å². The van der Waals surface area contributed by atoms with Crippen LogP contribution in [0.4, 0.5) is 5.69 Å². The Morgan fingerprint density at radius 1 is 1.07 bits per heavy atom. The fourth-order valence-electron chi connectivity index (χ4n) is 4.51. The van der Waals surface area contributed by atoms with E-state index in [-0.39, 0.29) is 11.9 Å².